The Kier molecular flexibility index (Phi) is 4.58. The Morgan fingerprint density at radius 1 is 1.15 bits per heavy atom. The number of hydrogen-bond acceptors (Lipinski definition) is 5. The molecule has 0 unspecified atom stereocenters. The second-order valence-electron chi connectivity index (χ2n) is 8.47. The van der Waals surface area contributed by atoms with Crippen molar-refractivity contribution in [1.82, 2.24) is 9.80 Å². The molecule has 0 radical (unpaired) electrons. The number of hydrogen-bond donors (Lipinski definition) is 1. The van der Waals surface area contributed by atoms with Gasteiger partial charge in [-0.3, -0.25) is 9.69 Å². The lowest BCUT2D eigenvalue weighted by Gasteiger charge is -2.39. The molecular weight excluding hydrogens is 344 g/mol. The summed E-state index contributed by atoms with van der Waals surface area (Å²) in [6, 6.07) is 8.53. The number of carbonyl (C=O) groups excluding carboxylic acids is 1. The first kappa shape index (κ1) is 17.5. The van der Waals surface area contributed by atoms with Crippen LogP contribution in [0.2, 0.25) is 0 Å². The highest BCUT2D eigenvalue weighted by Gasteiger charge is 2.51. The van der Waals surface area contributed by atoms with Gasteiger partial charge in [-0.25, -0.2) is 0 Å². The maximum Gasteiger partial charge on any atom is 0.227 e. The van der Waals surface area contributed by atoms with Gasteiger partial charge in [-0.15, -0.1) is 0 Å². The first-order valence-corrected chi connectivity index (χ1v) is 10.2. The van der Waals surface area contributed by atoms with E-state index < -0.39 is 0 Å². The fraction of sp³-hybridized carbons (Fsp3) is 0.667. The van der Waals surface area contributed by atoms with E-state index in [0.717, 1.165) is 44.9 Å². The van der Waals surface area contributed by atoms with Crippen LogP contribution >= 0.6 is 0 Å². The Morgan fingerprint density at radius 2 is 1.93 bits per heavy atom. The lowest BCUT2D eigenvalue weighted by atomic mass is 9.84. The quantitative estimate of drug-likeness (QED) is 0.867. The van der Waals surface area contributed by atoms with Crippen molar-refractivity contribution >= 4 is 5.91 Å². The van der Waals surface area contributed by atoms with Crippen LogP contribution in [0.3, 0.4) is 0 Å². The van der Waals surface area contributed by atoms with Crippen molar-refractivity contribution < 1.29 is 19.4 Å². The van der Waals surface area contributed by atoms with Gasteiger partial charge in [-0.05, 0) is 24.8 Å². The fourth-order valence-electron chi connectivity index (χ4n) is 5.25. The summed E-state index contributed by atoms with van der Waals surface area (Å²) < 4.78 is 11.6. The highest BCUT2D eigenvalue weighted by atomic mass is 16.5. The number of likely N-dealkylation sites (tertiary alicyclic amines) is 2. The molecule has 146 valence electrons. The van der Waals surface area contributed by atoms with Gasteiger partial charge in [-0.2, -0.15) is 0 Å². The number of aliphatic hydroxyl groups excluding tert-OH is 1. The van der Waals surface area contributed by atoms with E-state index in [4.69, 9.17) is 9.47 Å². The Labute approximate surface area is 160 Å². The summed E-state index contributed by atoms with van der Waals surface area (Å²) in [5, 5.41) is 9.60. The SMILES string of the molecule is O=C([C@@H]1CN(CC2CCOCC2)[C@H]2c3ccccc3OC[C@@H]12)N1CC(O)C1. The molecule has 4 heterocycles. The number of carbonyl (C=O) groups is 1. The molecule has 3 fully saturated rings. The first-order valence-electron chi connectivity index (χ1n) is 10.2. The third-order valence-corrected chi connectivity index (χ3v) is 6.74. The number of para-hydroxylation sites is 1. The molecule has 4 aliphatic rings. The minimum atomic E-state index is -0.354. The summed E-state index contributed by atoms with van der Waals surface area (Å²) in [6.45, 7) is 5.05. The Hall–Kier alpha value is -1.63. The predicted octanol–water partition coefficient (Wildman–Crippen LogP) is 1.30. The fourth-order valence-corrected chi connectivity index (χ4v) is 5.25. The van der Waals surface area contributed by atoms with Gasteiger partial charge in [0.2, 0.25) is 5.91 Å². The third kappa shape index (κ3) is 3.13. The van der Waals surface area contributed by atoms with E-state index in [9.17, 15) is 9.90 Å². The number of rotatable bonds is 3. The van der Waals surface area contributed by atoms with Crippen LogP contribution in [0.5, 0.6) is 5.75 Å². The van der Waals surface area contributed by atoms with Crippen LogP contribution in [0.25, 0.3) is 0 Å². The zero-order valence-electron chi connectivity index (χ0n) is 15.6. The second kappa shape index (κ2) is 7.08. The Bertz CT molecular complexity index is 699. The highest BCUT2D eigenvalue weighted by Crippen LogP contribution is 2.48. The summed E-state index contributed by atoms with van der Waals surface area (Å²) in [5.41, 5.74) is 1.22. The second-order valence-corrected chi connectivity index (χ2v) is 8.47. The number of β-amino-alcohol motifs (C(OH)–C–C–N with tert-alkyl or cyclic N) is 1. The first-order chi connectivity index (χ1) is 13.2. The molecule has 0 aromatic heterocycles. The lowest BCUT2D eigenvalue weighted by Crippen LogP contribution is -2.56. The summed E-state index contributed by atoms with van der Waals surface area (Å²) in [7, 11) is 0. The average molecular weight is 372 g/mol. The highest BCUT2D eigenvalue weighted by molar-refractivity contribution is 5.81. The number of fused-ring (bicyclic) bond motifs is 3. The topological polar surface area (TPSA) is 62.2 Å². The van der Waals surface area contributed by atoms with Gasteiger partial charge in [-0.1, -0.05) is 18.2 Å². The van der Waals surface area contributed by atoms with Crippen LogP contribution in [0, 0.1) is 17.8 Å². The van der Waals surface area contributed by atoms with Gasteiger partial charge < -0.3 is 19.5 Å². The zero-order chi connectivity index (χ0) is 18.4. The smallest absolute Gasteiger partial charge is 0.227 e. The number of benzene rings is 1. The Balaban J connectivity index is 1.40. The average Bonchev–Trinajstić information content (AvgIpc) is 3.05. The molecule has 6 nitrogen and oxygen atoms in total. The standard InChI is InChI=1S/C21H28N2O4/c24-15-10-23(11-15)21(25)17-12-22(9-14-5-7-26-8-6-14)20-16-3-1-2-4-19(16)27-13-18(17)20/h1-4,14-15,17-18,20,24H,5-13H2/t17-,18+,20+/m1/s1. The van der Waals surface area contributed by atoms with Gasteiger partial charge in [0.15, 0.2) is 0 Å². The summed E-state index contributed by atoms with van der Waals surface area (Å²) >= 11 is 0. The van der Waals surface area contributed by atoms with Crippen LogP contribution in [0.4, 0.5) is 0 Å². The molecular formula is C21H28N2O4. The van der Waals surface area contributed by atoms with Gasteiger partial charge in [0.25, 0.3) is 0 Å². The summed E-state index contributed by atoms with van der Waals surface area (Å²) in [4.78, 5) is 17.4. The summed E-state index contributed by atoms with van der Waals surface area (Å²) in [6.07, 6.45) is 1.85. The van der Waals surface area contributed by atoms with Crippen molar-refractivity contribution in [2.75, 3.05) is 46.0 Å². The molecule has 1 N–H and O–H groups in total. The van der Waals surface area contributed by atoms with Crippen molar-refractivity contribution in [2.24, 2.45) is 17.8 Å². The molecule has 1 amide bonds. The van der Waals surface area contributed by atoms with E-state index in [1.807, 2.05) is 17.0 Å². The molecule has 3 atom stereocenters. The molecule has 0 aliphatic carbocycles. The van der Waals surface area contributed by atoms with Gasteiger partial charge in [0.05, 0.1) is 18.6 Å². The maximum absolute atomic E-state index is 13.1. The molecule has 6 heteroatoms. The Morgan fingerprint density at radius 3 is 2.70 bits per heavy atom. The third-order valence-electron chi connectivity index (χ3n) is 6.74. The molecule has 0 saturated carbocycles. The van der Waals surface area contributed by atoms with Crippen LogP contribution in [0.1, 0.15) is 24.4 Å². The van der Waals surface area contributed by atoms with Crippen LogP contribution in [0.15, 0.2) is 24.3 Å². The van der Waals surface area contributed by atoms with Crippen LogP contribution in [-0.4, -0.2) is 72.9 Å². The minimum Gasteiger partial charge on any atom is -0.493 e. The van der Waals surface area contributed by atoms with E-state index in [-0.39, 0.29) is 29.9 Å². The maximum atomic E-state index is 13.1. The zero-order valence-corrected chi connectivity index (χ0v) is 15.6. The largest absolute Gasteiger partial charge is 0.493 e. The summed E-state index contributed by atoms with van der Waals surface area (Å²) in [5.74, 6) is 1.92. The molecule has 5 rings (SSSR count). The molecule has 1 aromatic rings. The number of amides is 1. The van der Waals surface area contributed by atoms with E-state index in [0.29, 0.717) is 25.6 Å². The predicted molar refractivity (Wildman–Crippen MR) is 99.4 cm³/mol. The van der Waals surface area contributed by atoms with Crippen molar-refractivity contribution in [1.29, 1.82) is 0 Å². The molecule has 0 bridgehead atoms. The normalized spacial score (nSPS) is 31.7. The molecule has 3 saturated heterocycles. The van der Waals surface area contributed by atoms with Crippen molar-refractivity contribution in [3.8, 4) is 5.75 Å². The number of ether oxygens (including phenoxy) is 2. The van der Waals surface area contributed by atoms with E-state index in [1.54, 1.807) is 0 Å². The molecule has 0 spiro atoms. The van der Waals surface area contributed by atoms with Crippen molar-refractivity contribution in [2.45, 2.75) is 25.0 Å². The minimum absolute atomic E-state index is 0.0457. The number of nitrogens with zero attached hydrogens (tertiary/aromatic N) is 2. The van der Waals surface area contributed by atoms with Gasteiger partial charge in [0, 0.05) is 56.9 Å². The van der Waals surface area contributed by atoms with Crippen LogP contribution in [-0.2, 0) is 9.53 Å². The van der Waals surface area contributed by atoms with Gasteiger partial charge in [0.1, 0.15) is 5.75 Å². The van der Waals surface area contributed by atoms with E-state index >= 15 is 0 Å². The van der Waals surface area contributed by atoms with E-state index in [2.05, 4.69) is 17.0 Å². The number of aliphatic hydroxyl groups is 1. The van der Waals surface area contributed by atoms with Gasteiger partial charge >= 0.3 is 0 Å². The monoisotopic (exact) mass is 372 g/mol. The van der Waals surface area contributed by atoms with Crippen molar-refractivity contribution in [3.63, 3.8) is 0 Å². The van der Waals surface area contributed by atoms with Crippen LogP contribution < -0.4 is 4.74 Å². The molecule has 27 heavy (non-hydrogen) atoms. The molecule has 1 aromatic carbocycles. The van der Waals surface area contributed by atoms with E-state index in [1.165, 1.54) is 5.56 Å². The lowest BCUT2D eigenvalue weighted by molar-refractivity contribution is -0.147. The molecule has 4 aliphatic heterocycles. The van der Waals surface area contributed by atoms with Crippen molar-refractivity contribution in [3.05, 3.63) is 29.8 Å².